The summed E-state index contributed by atoms with van der Waals surface area (Å²) in [4.78, 5) is 12.5. The largest absolute Gasteiger partial charge is 0.508 e. The molecule has 0 aromatic heterocycles. The molecule has 0 saturated heterocycles. The summed E-state index contributed by atoms with van der Waals surface area (Å²) >= 11 is 0. The van der Waals surface area contributed by atoms with E-state index >= 15 is 0 Å². The predicted octanol–water partition coefficient (Wildman–Crippen LogP) is 3.91. The molecule has 0 spiro atoms. The van der Waals surface area contributed by atoms with E-state index in [2.05, 4.69) is 5.32 Å². The van der Waals surface area contributed by atoms with Crippen molar-refractivity contribution >= 4 is 11.6 Å². The van der Waals surface area contributed by atoms with Crippen molar-refractivity contribution in [1.29, 1.82) is 0 Å². The van der Waals surface area contributed by atoms with Gasteiger partial charge in [0.2, 0.25) is 5.91 Å². The molecule has 0 bridgehead atoms. The van der Waals surface area contributed by atoms with Crippen LogP contribution >= 0.6 is 0 Å². The van der Waals surface area contributed by atoms with Gasteiger partial charge in [-0.3, -0.25) is 4.79 Å². The van der Waals surface area contributed by atoms with Crippen LogP contribution in [0.5, 0.6) is 5.75 Å². The average molecular weight is 283 g/mol. The highest BCUT2D eigenvalue weighted by Crippen LogP contribution is 2.26. The summed E-state index contributed by atoms with van der Waals surface area (Å²) in [6.45, 7) is 5.73. The van der Waals surface area contributed by atoms with Gasteiger partial charge in [0.25, 0.3) is 0 Å². The van der Waals surface area contributed by atoms with Crippen LogP contribution in [0.3, 0.4) is 0 Å². The van der Waals surface area contributed by atoms with Crippen LogP contribution in [0.15, 0.2) is 48.5 Å². The molecule has 0 saturated carbocycles. The Bertz CT molecular complexity index is 633. The third kappa shape index (κ3) is 3.85. The van der Waals surface area contributed by atoms with Crippen LogP contribution in [-0.4, -0.2) is 11.0 Å². The van der Waals surface area contributed by atoms with Crippen LogP contribution < -0.4 is 5.32 Å². The van der Waals surface area contributed by atoms with Crippen LogP contribution in [0.1, 0.15) is 25.0 Å². The molecular weight excluding hydrogens is 262 g/mol. The van der Waals surface area contributed by atoms with Gasteiger partial charge in [-0.2, -0.15) is 0 Å². The van der Waals surface area contributed by atoms with Crippen molar-refractivity contribution in [3.8, 4) is 5.75 Å². The quantitative estimate of drug-likeness (QED) is 0.836. The molecule has 0 fully saturated rings. The van der Waals surface area contributed by atoms with Crippen molar-refractivity contribution in [2.45, 2.75) is 27.2 Å². The van der Waals surface area contributed by atoms with E-state index in [1.54, 1.807) is 18.2 Å². The topological polar surface area (TPSA) is 49.3 Å². The lowest BCUT2D eigenvalue weighted by atomic mass is 9.84. The fourth-order valence-corrected chi connectivity index (χ4v) is 2.27. The smallest absolute Gasteiger partial charge is 0.230 e. The first-order valence-electron chi connectivity index (χ1n) is 7.03. The Hall–Kier alpha value is -2.29. The van der Waals surface area contributed by atoms with Crippen molar-refractivity contribution in [3.05, 3.63) is 59.7 Å². The van der Waals surface area contributed by atoms with Gasteiger partial charge in [-0.15, -0.1) is 0 Å². The number of phenols is 1. The van der Waals surface area contributed by atoms with Gasteiger partial charge in [-0.05, 0) is 42.7 Å². The molecular formula is C18H21NO2. The van der Waals surface area contributed by atoms with Gasteiger partial charge in [0.1, 0.15) is 5.75 Å². The van der Waals surface area contributed by atoms with Crippen molar-refractivity contribution in [2.75, 3.05) is 5.32 Å². The monoisotopic (exact) mass is 283 g/mol. The number of carbonyl (C=O) groups is 1. The third-order valence-electron chi connectivity index (χ3n) is 3.56. The molecule has 2 rings (SSSR count). The number of carbonyl (C=O) groups excluding carboxylic acids is 1. The molecule has 2 N–H and O–H groups in total. The van der Waals surface area contributed by atoms with Crippen LogP contribution in [0.25, 0.3) is 0 Å². The lowest BCUT2D eigenvalue weighted by Crippen LogP contribution is -2.32. The van der Waals surface area contributed by atoms with Crippen molar-refractivity contribution < 1.29 is 9.90 Å². The molecule has 3 nitrogen and oxygen atoms in total. The fourth-order valence-electron chi connectivity index (χ4n) is 2.27. The molecule has 21 heavy (non-hydrogen) atoms. The Morgan fingerprint density at radius 1 is 1.14 bits per heavy atom. The Morgan fingerprint density at radius 3 is 2.43 bits per heavy atom. The van der Waals surface area contributed by atoms with Gasteiger partial charge < -0.3 is 10.4 Å². The molecule has 0 aliphatic heterocycles. The van der Waals surface area contributed by atoms with Crippen LogP contribution in [0.4, 0.5) is 5.69 Å². The summed E-state index contributed by atoms with van der Waals surface area (Å²) < 4.78 is 0. The van der Waals surface area contributed by atoms with Crippen LogP contribution in [0.2, 0.25) is 0 Å². The Kier molecular flexibility index (Phi) is 4.32. The first-order chi connectivity index (χ1) is 9.88. The minimum absolute atomic E-state index is 0.0276. The maximum Gasteiger partial charge on any atom is 0.230 e. The van der Waals surface area contributed by atoms with Gasteiger partial charge in [0.05, 0.1) is 0 Å². The first-order valence-corrected chi connectivity index (χ1v) is 7.03. The Morgan fingerprint density at radius 2 is 1.81 bits per heavy atom. The fraction of sp³-hybridized carbons (Fsp3) is 0.278. The third-order valence-corrected chi connectivity index (χ3v) is 3.56. The number of benzene rings is 2. The standard InChI is InChI=1S/C18H21NO2/c1-13-11-15(20)9-10-16(13)19-17(21)18(2,3)12-14-7-5-4-6-8-14/h4-11,20H,12H2,1-3H3,(H,19,21). The summed E-state index contributed by atoms with van der Waals surface area (Å²) in [5.41, 5.74) is 2.21. The Labute approximate surface area is 125 Å². The number of rotatable bonds is 4. The predicted molar refractivity (Wildman–Crippen MR) is 85.4 cm³/mol. The zero-order valence-corrected chi connectivity index (χ0v) is 12.7. The number of aryl methyl sites for hydroxylation is 1. The summed E-state index contributed by atoms with van der Waals surface area (Å²) in [7, 11) is 0. The molecule has 2 aromatic rings. The molecule has 0 radical (unpaired) electrons. The lowest BCUT2D eigenvalue weighted by Gasteiger charge is -2.24. The highest BCUT2D eigenvalue weighted by Gasteiger charge is 2.28. The number of hydrogen-bond donors (Lipinski definition) is 2. The van der Waals surface area contributed by atoms with Gasteiger partial charge in [-0.1, -0.05) is 44.2 Å². The minimum Gasteiger partial charge on any atom is -0.508 e. The van der Waals surface area contributed by atoms with Crippen molar-refractivity contribution in [2.24, 2.45) is 5.41 Å². The summed E-state index contributed by atoms with van der Waals surface area (Å²) in [6.07, 6.45) is 0.677. The number of anilines is 1. The second kappa shape index (κ2) is 6.00. The van der Waals surface area contributed by atoms with Gasteiger partial charge >= 0.3 is 0 Å². The van der Waals surface area contributed by atoms with Crippen molar-refractivity contribution in [3.63, 3.8) is 0 Å². The van der Waals surface area contributed by atoms with E-state index in [4.69, 9.17) is 0 Å². The molecule has 0 aliphatic rings. The second-order valence-electron chi connectivity index (χ2n) is 6.00. The van der Waals surface area contributed by atoms with E-state index in [1.807, 2.05) is 51.1 Å². The molecule has 2 aromatic carbocycles. The number of aromatic hydroxyl groups is 1. The van der Waals surface area contributed by atoms with E-state index in [0.29, 0.717) is 6.42 Å². The molecule has 0 aliphatic carbocycles. The van der Waals surface area contributed by atoms with Crippen LogP contribution in [0, 0.1) is 12.3 Å². The Balaban J connectivity index is 2.11. The summed E-state index contributed by atoms with van der Waals surface area (Å²) in [5.74, 6) is 0.175. The van der Waals surface area contributed by atoms with E-state index in [0.717, 1.165) is 16.8 Å². The van der Waals surface area contributed by atoms with E-state index in [9.17, 15) is 9.90 Å². The number of amides is 1. The van der Waals surface area contributed by atoms with Gasteiger partial charge in [0, 0.05) is 11.1 Å². The summed E-state index contributed by atoms with van der Waals surface area (Å²) in [5, 5.41) is 12.4. The van der Waals surface area contributed by atoms with E-state index in [-0.39, 0.29) is 11.7 Å². The maximum absolute atomic E-state index is 12.5. The van der Waals surface area contributed by atoms with Gasteiger partial charge in [0.15, 0.2) is 0 Å². The van der Waals surface area contributed by atoms with E-state index in [1.165, 1.54) is 0 Å². The highest BCUT2D eigenvalue weighted by molar-refractivity contribution is 5.95. The summed E-state index contributed by atoms with van der Waals surface area (Å²) in [6, 6.07) is 14.9. The molecule has 110 valence electrons. The second-order valence-corrected chi connectivity index (χ2v) is 6.00. The number of phenolic OH excluding ortho intramolecular Hbond substituents is 1. The molecule has 0 unspecified atom stereocenters. The normalized spacial score (nSPS) is 11.2. The minimum atomic E-state index is -0.508. The average Bonchev–Trinajstić information content (AvgIpc) is 2.42. The maximum atomic E-state index is 12.5. The zero-order valence-electron chi connectivity index (χ0n) is 12.7. The first kappa shape index (κ1) is 15.1. The SMILES string of the molecule is Cc1cc(O)ccc1NC(=O)C(C)(C)Cc1ccccc1. The molecule has 0 atom stereocenters. The van der Waals surface area contributed by atoms with Crippen molar-refractivity contribution in [1.82, 2.24) is 0 Å². The number of nitrogens with one attached hydrogen (secondary N) is 1. The lowest BCUT2D eigenvalue weighted by molar-refractivity contribution is -0.123. The van der Waals surface area contributed by atoms with E-state index < -0.39 is 5.41 Å². The molecule has 0 heterocycles. The van der Waals surface area contributed by atoms with Crippen LogP contribution in [-0.2, 0) is 11.2 Å². The molecule has 3 heteroatoms. The zero-order chi connectivity index (χ0) is 15.5. The highest BCUT2D eigenvalue weighted by atomic mass is 16.3. The van der Waals surface area contributed by atoms with Gasteiger partial charge in [-0.25, -0.2) is 0 Å². The number of hydrogen-bond acceptors (Lipinski definition) is 2. The molecule has 1 amide bonds.